The van der Waals surface area contributed by atoms with Crippen LogP contribution in [0.2, 0.25) is 0 Å². The molecule has 1 aromatic heterocycles. The first-order valence-electron chi connectivity index (χ1n) is 6.63. The van der Waals surface area contributed by atoms with E-state index < -0.39 is 0 Å². The fraction of sp³-hybridized carbons (Fsp3) is 0.125. The average molecular weight is 264 g/mol. The topological polar surface area (TPSA) is 55.0 Å². The Kier molecular flexibility index (Phi) is 3.21. The molecule has 2 N–H and O–H groups in total. The van der Waals surface area contributed by atoms with Crippen LogP contribution in [-0.2, 0) is 0 Å². The van der Waals surface area contributed by atoms with E-state index in [1.54, 1.807) is 12.4 Å². The number of benzene rings is 2. The van der Waals surface area contributed by atoms with E-state index in [1.165, 1.54) is 10.8 Å². The Hall–Kier alpha value is -2.62. The molecule has 1 heterocycles. The van der Waals surface area contributed by atoms with Crippen LogP contribution >= 0.6 is 0 Å². The van der Waals surface area contributed by atoms with Gasteiger partial charge in [-0.15, -0.1) is 0 Å². The SMILES string of the molecule is CCN(c1nccnc1N)c1cccc2ccccc12. The monoisotopic (exact) mass is 264 g/mol. The van der Waals surface area contributed by atoms with E-state index >= 15 is 0 Å². The van der Waals surface area contributed by atoms with Crippen molar-refractivity contribution in [2.45, 2.75) is 6.92 Å². The van der Waals surface area contributed by atoms with Gasteiger partial charge in [0.15, 0.2) is 11.6 Å². The molecular weight excluding hydrogens is 248 g/mol. The van der Waals surface area contributed by atoms with Crippen LogP contribution in [0.15, 0.2) is 54.9 Å². The highest BCUT2D eigenvalue weighted by molar-refractivity contribution is 5.96. The first-order chi connectivity index (χ1) is 9.81. The van der Waals surface area contributed by atoms with E-state index in [1.807, 2.05) is 18.2 Å². The maximum atomic E-state index is 5.96. The molecule has 0 fully saturated rings. The van der Waals surface area contributed by atoms with E-state index in [0.29, 0.717) is 11.6 Å². The lowest BCUT2D eigenvalue weighted by Crippen LogP contribution is -2.19. The fourth-order valence-corrected chi connectivity index (χ4v) is 2.43. The van der Waals surface area contributed by atoms with Crippen LogP contribution in [0.5, 0.6) is 0 Å². The third kappa shape index (κ3) is 2.05. The summed E-state index contributed by atoms with van der Waals surface area (Å²) in [4.78, 5) is 10.6. The molecule has 0 bridgehead atoms. The van der Waals surface area contributed by atoms with Gasteiger partial charge in [0.1, 0.15) is 0 Å². The van der Waals surface area contributed by atoms with Crippen molar-refractivity contribution in [2.75, 3.05) is 17.2 Å². The van der Waals surface area contributed by atoms with Gasteiger partial charge in [0, 0.05) is 24.3 Å². The summed E-state index contributed by atoms with van der Waals surface area (Å²) in [6, 6.07) is 14.5. The molecule has 0 radical (unpaired) electrons. The molecule has 4 nitrogen and oxygen atoms in total. The molecule has 2 aromatic carbocycles. The lowest BCUT2D eigenvalue weighted by atomic mass is 10.1. The number of nitrogens with two attached hydrogens (primary N) is 1. The normalized spacial score (nSPS) is 10.7. The Bertz CT molecular complexity index is 734. The molecule has 0 aliphatic carbocycles. The lowest BCUT2D eigenvalue weighted by molar-refractivity contribution is 0.985. The molecule has 20 heavy (non-hydrogen) atoms. The van der Waals surface area contributed by atoms with Crippen molar-refractivity contribution in [3.63, 3.8) is 0 Å². The highest BCUT2D eigenvalue weighted by Crippen LogP contribution is 2.32. The van der Waals surface area contributed by atoms with Crippen molar-refractivity contribution in [3.8, 4) is 0 Å². The molecule has 0 aliphatic rings. The van der Waals surface area contributed by atoms with Gasteiger partial charge in [-0.05, 0) is 18.4 Å². The molecule has 0 aliphatic heterocycles. The largest absolute Gasteiger partial charge is 0.381 e. The third-order valence-electron chi connectivity index (χ3n) is 3.34. The van der Waals surface area contributed by atoms with Gasteiger partial charge in [-0.2, -0.15) is 0 Å². The molecule has 100 valence electrons. The minimum atomic E-state index is 0.447. The number of aromatic nitrogens is 2. The summed E-state index contributed by atoms with van der Waals surface area (Å²) in [5.74, 6) is 1.15. The highest BCUT2D eigenvalue weighted by Gasteiger charge is 2.14. The second kappa shape index (κ2) is 5.17. The molecule has 3 aromatic rings. The molecular formula is C16H16N4. The maximum Gasteiger partial charge on any atom is 0.176 e. The zero-order valence-corrected chi connectivity index (χ0v) is 11.3. The van der Waals surface area contributed by atoms with Crippen molar-refractivity contribution in [2.24, 2.45) is 0 Å². The van der Waals surface area contributed by atoms with Crippen molar-refractivity contribution in [1.82, 2.24) is 9.97 Å². The summed E-state index contributed by atoms with van der Waals surface area (Å²) in [5.41, 5.74) is 7.06. The van der Waals surface area contributed by atoms with Gasteiger partial charge >= 0.3 is 0 Å². The van der Waals surface area contributed by atoms with Crippen LogP contribution in [-0.4, -0.2) is 16.5 Å². The maximum absolute atomic E-state index is 5.96. The van der Waals surface area contributed by atoms with Gasteiger partial charge in [0.05, 0.1) is 5.69 Å². The van der Waals surface area contributed by atoms with E-state index in [9.17, 15) is 0 Å². The summed E-state index contributed by atoms with van der Waals surface area (Å²) in [6.45, 7) is 2.85. The van der Waals surface area contributed by atoms with Gasteiger partial charge in [0.2, 0.25) is 0 Å². The summed E-state index contributed by atoms with van der Waals surface area (Å²) in [5, 5.41) is 2.38. The Morgan fingerprint density at radius 3 is 2.55 bits per heavy atom. The standard InChI is InChI=1S/C16H16N4/c1-2-20(16-15(17)18-10-11-19-16)14-9-5-7-12-6-3-4-8-13(12)14/h3-11H,2H2,1H3,(H2,17,18). The van der Waals surface area contributed by atoms with Crippen molar-refractivity contribution in [3.05, 3.63) is 54.9 Å². The second-order valence-corrected chi connectivity index (χ2v) is 4.51. The Balaban J connectivity index is 2.20. The summed E-state index contributed by atoms with van der Waals surface area (Å²) < 4.78 is 0. The van der Waals surface area contributed by atoms with Gasteiger partial charge in [-0.3, -0.25) is 0 Å². The number of hydrogen-bond acceptors (Lipinski definition) is 4. The first-order valence-corrected chi connectivity index (χ1v) is 6.63. The van der Waals surface area contributed by atoms with E-state index in [0.717, 1.165) is 12.2 Å². The number of hydrogen-bond donors (Lipinski definition) is 1. The molecule has 0 atom stereocenters. The average Bonchev–Trinajstić information content (AvgIpc) is 2.50. The van der Waals surface area contributed by atoms with Crippen LogP contribution in [0.1, 0.15) is 6.92 Å². The Morgan fingerprint density at radius 2 is 1.75 bits per heavy atom. The van der Waals surface area contributed by atoms with Gasteiger partial charge in [0.25, 0.3) is 0 Å². The molecule has 0 unspecified atom stereocenters. The van der Waals surface area contributed by atoms with Crippen molar-refractivity contribution < 1.29 is 0 Å². The van der Waals surface area contributed by atoms with Crippen molar-refractivity contribution in [1.29, 1.82) is 0 Å². The Morgan fingerprint density at radius 1 is 1.00 bits per heavy atom. The highest BCUT2D eigenvalue weighted by atomic mass is 15.2. The molecule has 0 spiro atoms. The number of anilines is 3. The number of nitrogens with zero attached hydrogens (tertiary/aromatic N) is 3. The third-order valence-corrected chi connectivity index (χ3v) is 3.34. The summed E-state index contributed by atoms with van der Waals surface area (Å²) in [7, 11) is 0. The molecule has 0 amide bonds. The molecule has 0 saturated heterocycles. The van der Waals surface area contributed by atoms with Crippen LogP contribution in [0.3, 0.4) is 0 Å². The van der Waals surface area contributed by atoms with E-state index in [-0.39, 0.29) is 0 Å². The van der Waals surface area contributed by atoms with Crippen LogP contribution in [0, 0.1) is 0 Å². The number of nitrogen functional groups attached to an aromatic ring is 1. The number of rotatable bonds is 3. The smallest absolute Gasteiger partial charge is 0.176 e. The minimum absolute atomic E-state index is 0.447. The van der Waals surface area contributed by atoms with Crippen LogP contribution in [0.25, 0.3) is 10.8 Å². The molecule has 4 heteroatoms. The molecule has 3 rings (SSSR count). The summed E-state index contributed by atoms with van der Waals surface area (Å²) >= 11 is 0. The zero-order valence-electron chi connectivity index (χ0n) is 11.3. The lowest BCUT2D eigenvalue weighted by Gasteiger charge is -2.24. The van der Waals surface area contributed by atoms with Crippen LogP contribution < -0.4 is 10.6 Å². The minimum Gasteiger partial charge on any atom is -0.381 e. The van der Waals surface area contributed by atoms with E-state index in [2.05, 4.69) is 46.1 Å². The predicted molar refractivity (Wildman–Crippen MR) is 83.1 cm³/mol. The first kappa shape index (κ1) is 12.4. The van der Waals surface area contributed by atoms with E-state index in [4.69, 9.17) is 5.73 Å². The zero-order chi connectivity index (χ0) is 13.9. The summed E-state index contributed by atoms with van der Waals surface area (Å²) in [6.07, 6.45) is 3.27. The van der Waals surface area contributed by atoms with Crippen molar-refractivity contribution >= 4 is 28.1 Å². The van der Waals surface area contributed by atoms with Gasteiger partial charge in [-0.25, -0.2) is 9.97 Å². The predicted octanol–water partition coefficient (Wildman–Crippen LogP) is 3.37. The Labute approximate surface area is 117 Å². The van der Waals surface area contributed by atoms with Crippen LogP contribution in [0.4, 0.5) is 17.3 Å². The van der Waals surface area contributed by atoms with Gasteiger partial charge < -0.3 is 10.6 Å². The van der Waals surface area contributed by atoms with Gasteiger partial charge in [-0.1, -0.05) is 36.4 Å². The quantitative estimate of drug-likeness (QED) is 0.788. The fourth-order valence-electron chi connectivity index (χ4n) is 2.43. The second-order valence-electron chi connectivity index (χ2n) is 4.51. The number of fused-ring (bicyclic) bond motifs is 1. The molecule has 0 saturated carbocycles.